The molecule has 3 heterocycles. The van der Waals surface area contributed by atoms with Gasteiger partial charge in [0.1, 0.15) is 17.2 Å². The average molecular weight is 479 g/mol. The molecule has 7 nitrogen and oxygen atoms in total. The number of aliphatic hydroxyl groups excluding tert-OH is 1. The number of carbonyl (C=O) groups is 2. The van der Waals surface area contributed by atoms with Crippen molar-refractivity contribution in [3.8, 4) is 0 Å². The van der Waals surface area contributed by atoms with Crippen LogP contribution in [0.4, 0.5) is 4.39 Å². The van der Waals surface area contributed by atoms with Gasteiger partial charge in [-0.3, -0.25) is 9.59 Å². The number of ketones is 1. The van der Waals surface area contributed by atoms with Crippen molar-refractivity contribution in [2.45, 2.75) is 40.2 Å². The lowest BCUT2D eigenvalue weighted by atomic mass is 9.96. The number of aryl methyl sites for hydroxylation is 2. The first kappa shape index (κ1) is 24.6. The molecule has 1 fully saturated rings. The highest BCUT2D eigenvalue weighted by atomic mass is 19.1. The van der Waals surface area contributed by atoms with Gasteiger partial charge in [-0.1, -0.05) is 32.0 Å². The number of Topliss-reactive ketones (excluding diaryl/α,β-unsaturated/α-hetero) is 1. The van der Waals surface area contributed by atoms with Crippen LogP contribution >= 0.6 is 0 Å². The first-order valence-electron chi connectivity index (χ1n) is 12.0. The molecular formula is C27H31FN4O3. The molecule has 0 saturated carbocycles. The molecule has 0 spiro atoms. The quantitative estimate of drug-likeness (QED) is 0.298. The highest BCUT2D eigenvalue weighted by Gasteiger charge is 2.46. The minimum atomic E-state index is -0.822. The van der Waals surface area contributed by atoms with Crippen LogP contribution in [0.1, 0.15) is 48.8 Å². The smallest absolute Gasteiger partial charge is 0.295 e. The van der Waals surface area contributed by atoms with Crippen molar-refractivity contribution in [2.75, 3.05) is 26.2 Å². The molecule has 1 aliphatic heterocycles. The summed E-state index contributed by atoms with van der Waals surface area (Å²) in [7, 11) is 0. The molecule has 184 valence electrons. The maximum atomic E-state index is 13.7. The number of halogens is 1. The van der Waals surface area contributed by atoms with E-state index in [1.54, 1.807) is 12.1 Å². The van der Waals surface area contributed by atoms with Crippen LogP contribution < -0.4 is 0 Å². The summed E-state index contributed by atoms with van der Waals surface area (Å²) in [5.74, 6) is -2.16. The van der Waals surface area contributed by atoms with E-state index in [9.17, 15) is 19.1 Å². The number of imidazole rings is 1. The van der Waals surface area contributed by atoms with Gasteiger partial charge in [0.2, 0.25) is 0 Å². The van der Waals surface area contributed by atoms with Crippen molar-refractivity contribution in [1.29, 1.82) is 0 Å². The molecule has 3 aromatic rings. The summed E-state index contributed by atoms with van der Waals surface area (Å²) in [6.07, 6.45) is 2.50. The Morgan fingerprint density at radius 2 is 1.80 bits per heavy atom. The highest BCUT2D eigenvalue weighted by molar-refractivity contribution is 6.46. The third-order valence-electron chi connectivity index (χ3n) is 6.80. The Labute approximate surface area is 204 Å². The van der Waals surface area contributed by atoms with Crippen molar-refractivity contribution in [2.24, 2.45) is 0 Å². The van der Waals surface area contributed by atoms with E-state index in [2.05, 4.69) is 23.7 Å². The monoisotopic (exact) mass is 478 g/mol. The molecule has 8 heteroatoms. The van der Waals surface area contributed by atoms with E-state index in [1.165, 1.54) is 17.0 Å². The SMILES string of the molecule is CCN(CC)CCCN1C(=O)C(=O)C(=C(O)c2nc3c(C)cccn3c2C)C1c1ccc(F)cc1. The van der Waals surface area contributed by atoms with E-state index in [0.29, 0.717) is 29.9 Å². The van der Waals surface area contributed by atoms with Gasteiger partial charge in [-0.25, -0.2) is 9.37 Å². The maximum Gasteiger partial charge on any atom is 0.295 e. The molecule has 1 atom stereocenters. The van der Waals surface area contributed by atoms with E-state index >= 15 is 0 Å². The Hall–Kier alpha value is -3.52. The Kier molecular flexibility index (Phi) is 7.03. The zero-order valence-electron chi connectivity index (χ0n) is 20.6. The van der Waals surface area contributed by atoms with E-state index in [-0.39, 0.29) is 17.0 Å². The molecule has 0 aliphatic carbocycles. The Morgan fingerprint density at radius 1 is 1.11 bits per heavy atom. The second-order valence-corrected chi connectivity index (χ2v) is 8.86. The molecule has 0 bridgehead atoms. The number of fused-ring (bicyclic) bond motifs is 1. The average Bonchev–Trinajstić information content (AvgIpc) is 3.32. The van der Waals surface area contributed by atoms with Crippen LogP contribution in [0.3, 0.4) is 0 Å². The predicted molar refractivity (Wildman–Crippen MR) is 132 cm³/mol. The van der Waals surface area contributed by atoms with Gasteiger partial charge < -0.3 is 19.3 Å². The number of likely N-dealkylation sites (tertiary alicyclic amines) is 1. The van der Waals surface area contributed by atoms with Crippen molar-refractivity contribution in [3.05, 3.63) is 76.5 Å². The molecule has 1 amide bonds. The second-order valence-electron chi connectivity index (χ2n) is 8.86. The summed E-state index contributed by atoms with van der Waals surface area (Å²) in [6.45, 7) is 10.8. The Morgan fingerprint density at radius 3 is 2.43 bits per heavy atom. The van der Waals surface area contributed by atoms with E-state index in [0.717, 1.165) is 25.2 Å². The normalized spacial score (nSPS) is 17.8. The van der Waals surface area contributed by atoms with Crippen LogP contribution in [0.2, 0.25) is 0 Å². The fourth-order valence-electron chi connectivity index (χ4n) is 4.78. The largest absolute Gasteiger partial charge is 0.505 e. The Balaban J connectivity index is 1.81. The summed E-state index contributed by atoms with van der Waals surface area (Å²) in [5, 5.41) is 11.4. The number of rotatable bonds is 8. The number of carbonyl (C=O) groups excluding carboxylic acids is 2. The fourth-order valence-corrected chi connectivity index (χ4v) is 4.78. The molecule has 2 aromatic heterocycles. The number of aromatic nitrogens is 2. The molecule has 1 N–H and O–H groups in total. The van der Waals surface area contributed by atoms with Crippen LogP contribution in [-0.2, 0) is 9.59 Å². The third-order valence-corrected chi connectivity index (χ3v) is 6.80. The van der Waals surface area contributed by atoms with E-state index in [1.807, 2.05) is 36.6 Å². The zero-order chi connectivity index (χ0) is 25.3. The van der Waals surface area contributed by atoms with Gasteiger partial charge in [0.25, 0.3) is 11.7 Å². The lowest BCUT2D eigenvalue weighted by Gasteiger charge is -2.26. The van der Waals surface area contributed by atoms with Crippen molar-refractivity contribution in [3.63, 3.8) is 0 Å². The first-order valence-corrected chi connectivity index (χ1v) is 12.0. The number of nitrogens with zero attached hydrogens (tertiary/aromatic N) is 4. The number of hydrogen-bond acceptors (Lipinski definition) is 5. The van der Waals surface area contributed by atoms with Crippen LogP contribution in [-0.4, -0.2) is 62.2 Å². The van der Waals surface area contributed by atoms with Gasteiger partial charge in [0.15, 0.2) is 5.76 Å². The van der Waals surface area contributed by atoms with Crippen LogP contribution in [0, 0.1) is 19.7 Å². The number of benzene rings is 1. The molecule has 35 heavy (non-hydrogen) atoms. The molecule has 4 rings (SSSR count). The topological polar surface area (TPSA) is 78.2 Å². The Bertz CT molecular complexity index is 1290. The van der Waals surface area contributed by atoms with Crippen LogP contribution in [0.15, 0.2) is 48.2 Å². The lowest BCUT2D eigenvalue weighted by Crippen LogP contribution is -2.33. The summed E-state index contributed by atoms with van der Waals surface area (Å²) in [4.78, 5) is 34.7. The number of amides is 1. The zero-order valence-corrected chi connectivity index (χ0v) is 20.6. The summed E-state index contributed by atoms with van der Waals surface area (Å²) >= 11 is 0. The minimum Gasteiger partial charge on any atom is -0.505 e. The summed E-state index contributed by atoms with van der Waals surface area (Å²) < 4.78 is 15.5. The van der Waals surface area contributed by atoms with Gasteiger partial charge in [0.05, 0.1) is 17.3 Å². The van der Waals surface area contributed by atoms with Crippen molar-refractivity contribution in [1.82, 2.24) is 19.2 Å². The first-order chi connectivity index (χ1) is 16.8. The molecule has 0 radical (unpaired) electrons. The summed E-state index contributed by atoms with van der Waals surface area (Å²) in [6, 6.07) is 8.68. The number of hydrogen-bond donors (Lipinski definition) is 1. The predicted octanol–water partition coefficient (Wildman–Crippen LogP) is 4.24. The van der Waals surface area contributed by atoms with E-state index < -0.39 is 23.5 Å². The van der Waals surface area contributed by atoms with E-state index in [4.69, 9.17) is 0 Å². The van der Waals surface area contributed by atoms with Crippen LogP contribution in [0.5, 0.6) is 0 Å². The van der Waals surface area contributed by atoms with Gasteiger partial charge in [-0.2, -0.15) is 0 Å². The molecule has 1 aliphatic rings. The molecule has 1 aromatic carbocycles. The van der Waals surface area contributed by atoms with Crippen LogP contribution in [0.25, 0.3) is 11.4 Å². The standard InChI is InChI=1S/C27H31FN4O3/c1-5-30(6-2)14-8-16-32-23(19-10-12-20(28)13-11-19)21(25(34)27(32)35)24(33)22-18(4)31-15-7-9-17(3)26(31)29-22/h7,9-13,15,23,33H,5-6,8,14,16H2,1-4H3. The number of pyridine rings is 1. The minimum absolute atomic E-state index is 0.0198. The third kappa shape index (κ3) is 4.46. The van der Waals surface area contributed by atoms with Gasteiger partial charge in [0, 0.05) is 12.7 Å². The molecule has 1 saturated heterocycles. The number of aliphatic hydroxyl groups is 1. The maximum absolute atomic E-state index is 13.7. The fraction of sp³-hybridized carbons (Fsp3) is 0.370. The molecular weight excluding hydrogens is 447 g/mol. The highest BCUT2D eigenvalue weighted by Crippen LogP contribution is 2.40. The second kappa shape index (κ2) is 10.00. The van der Waals surface area contributed by atoms with Crippen molar-refractivity contribution >= 4 is 23.1 Å². The van der Waals surface area contributed by atoms with Crippen molar-refractivity contribution < 1.29 is 19.1 Å². The summed E-state index contributed by atoms with van der Waals surface area (Å²) in [5.41, 5.74) is 3.04. The van der Waals surface area contributed by atoms with Gasteiger partial charge >= 0.3 is 0 Å². The lowest BCUT2D eigenvalue weighted by molar-refractivity contribution is -0.140. The van der Waals surface area contributed by atoms with Gasteiger partial charge in [-0.15, -0.1) is 0 Å². The van der Waals surface area contributed by atoms with Gasteiger partial charge in [-0.05, 0) is 69.2 Å². The molecule has 1 unspecified atom stereocenters.